The summed E-state index contributed by atoms with van der Waals surface area (Å²) in [6, 6.07) is 8.69. The Morgan fingerprint density at radius 2 is 2.06 bits per heavy atom. The molecule has 0 aliphatic heterocycles. The molecule has 0 amide bonds. The summed E-state index contributed by atoms with van der Waals surface area (Å²) in [6.07, 6.45) is 0. The molecule has 82 valence electrons. The molecule has 3 N–H and O–H groups in total. The van der Waals surface area contributed by atoms with Gasteiger partial charge in [-0.05, 0) is 12.1 Å². The largest absolute Gasteiger partial charge is 0.465 e. The predicted octanol–water partition coefficient (Wildman–Crippen LogP) is 1.45. The van der Waals surface area contributed by atoms with Crippen LogP contribution < -0.4 is 5.73 Å². The van der Waals surface area contributed by atoms with Gasteiger partial charge in [-0.3, -0.25) is 5.10 Å². The highest BCUT2D eigenvalue weighted by atomic mass is 16.5. The Morgan fingerprint density at radius 1 is 1.38 bits per heavy atom. The quantitative estimate of drug-likeness (QED) is 0.746. The number of esters is 1. The molecular weight excluding hydrogens is 206 g/mol. The fourth-order valence-corrected chi connectivity index (χ4v) is 1.38. The van der Waals surface area contributed by atoms with Gasteiger partial charge < -0.3 is 10.5 Å². The SMILES string of the molecule is COC(=O)c1ccc(-c2cc(N)[nH]n2)cc1. The summed E-state index contributed by atoms with van der Waals surface area (Å²) in [5, 5.41) is 6.67. The van der Waals surface area contributed by atoms with E-state index in [0.717, 1.165) is 11.3 Å². The van der Waals surface area contributed by atoms with Crippen molar-refractivity contribution >= 4 is 11.8 Å². The van der Waals surface area contributed by atoms with Crippen LogP contribution in [0.25, 0.3) is 11.3 Å². The van der Waals surface area contributed by atoms with Gasteiger partial charge in [-0.15, -0.1) is 0 Å². The van der Waals surface area contributed by atoms with Crippen LogP contribution in [0.5, 0.6) is 0 Å². The van der Waals surface area contributed by atoms with Crippen molar-refractivity contribution in [3.8, 4) is 11.3 Å². The van der Waals surface area contributed by atoms with E-state index in [4.69, 9.17) is 5.73 Å². The van der Waals surface area contributed by atoms with Gasteiger partial charge in [0.15, 0.2) is 0 Å². The lowest BCUT2D eigenvalue weighted by atomic mass is 10.1. The molecule has 0 bridgehead atoms. The third-order valence-corrected chi connectivity index (χ3v) is 2.20. The smallest absolute Gasteiger partial charge is 0.337 e. The highest BCUT2D eigenvalue weighted by Gasteiger charge is 2.06. The van der Waals surface area contributed by atoms with Gasteiger partial charge in [-0.2, -0.15) is 5.10 Å². The molecule has 5 nitrogen and oxygen atoms in total. The van der Waals surface area contributed by atoms with Gasteiger partial charge in [0.05, 0.1) is 18.4 Å². The van der Waals surface area contributed by atoms with Crippen LogP contribution in [0.3, 0.4) is 0 Å². The molecule has 0 aliphatic rings. The highest BCUT2D eigenvalue weighted by molar-refractivity contribution is 5.89. The molecule has 1 heterocycles. The van der Waals surface area contributed by atoms with Gasteiger partial charge in [0.1, 0.15) is 5.82 Å². The molecule has 0 aliphatic carbocycles. The second-order valence-corrected chi connectivity index (χ2v) is 3.28. The third-order valence-electron chi connectivity index (χ3n) is 2.20. The maximum absolute atomic E-state index is 11.2. The number of hydrogen-bond acceptors (Lipinski definition) is 4. The maximum Gasteiger partial charge on any atom is 0.337 e. The lowest BCUT2D eigenvalue weighted by Crippen LogP contribution is -2.00. The number of nitrogen functional groups attached to an aromatic ring is 1. The molecule has 0 saturated carbocycles. The van der Waals surface area contributed by atoms with Gasteiger partial charge in [0.25, 0.3) is 0 Å². The van der Waals surface area contributed by atoms with Crippen molar-refractivity contribution in [2.75, 3.05) is 12.8 Å². The highest BCUT2D eigenvalue weighted by Crippen LogP contribution is 2.19. The van der Waals surface area contributed by atoms with E-state index in [-0.39, 0.29) is 5.97 Å². The van der Waals surface area contributed by atoms with E-state index in [2.05, 4.69) is 14.9 Å². The minimum atomic E-state index is -0.354. The second-order valence-electron chi connectivity index (χ2n) is 3.28. The first kappa shape index (κ1) is 10.2. The number of hydrogen-bond donors (Lipinski definition) is 2. The van der Waals surface area contributed by atoms with Crippen molar-refractivity contribution in [1.29, 1.82) is 0 Å². The number of nitrogens with one attached hydrogen (secondary N) is 1. The van der Waals surface area contributed by atoms with Crippen LogP contribution in [0.1, 0.15) is 10.4 Å². The van der Waals surface area contributed by atoms with Crippen molar-refractivity contribution in [2.24, 2.45) is 0 Å². The summed E-state index contributed by atoms with van der Waals surface area (Å²) in [4.78, 5) is 11.2. The normalized spacial score (nSPS) is 10.1. The number of H-pyrrole nitrogens is 1. The Bertz CT molecular complexity index is 502. The Hall–Kier alpha value is -2.30. The summed E-state index contributed by atoms with van der Waals surface area (Å²) >= 11 is 0. The van der Waals surface area contributed by atoms with Crippen molar-refractivity contribution in [2.45, 2.75) is 0 Å². The summed E-state index contributed by atoms with van der Waals surface area (Å²) in [5.41, 5.74) is 7.67. The number of benzene rings is 1. The molecule has 0 saturated heterocycles. The van der Waals surface area contributed by atoms with E-state index >= 15 is 0 Å². The molecular formula is C11H11N3O2. The van der Waals surface area contributed by atoms with Crippen molar-refractivity contribution in [3.05, 3.63) is 35.9 Å². The Kier molecular flexibility index (Phi) is 2.59. The number of methoxy groups -OCH3 is 1. The molecule has 2 aromatic rings. The van der Waals surface area contributed by atoms with Crippen LogP contribution in [0.4, 0.5) is 5.82 Å². The molecule has 0 unspecified atom stereocenters. The van der Waals surface area contributed by atoms with Gasteiger partial charge in [-0.25, -0.2) is 4.79 Å². The minimum Gasteiger partial charge on any atom is -0.465 e. The van der Waals surface area contributed by atoms with Crippen LogP contribution in [0, 0.1) is 0 Å². The maximum atomic E-state index is 11.2. The van der Waals surface area contributed by atoms with Gasteiger partial charge in [-0.1, -0.05) is 12.1 Å². The van der Waals surface area contributed by atoms with E-state index in [9.17, 15) is 4.79 Å². The molecule has 0 atom stereocenters. The Labute approximate surface area is 92.2 Å². The number of aromatic nitrogens is 2. The zero-order valence-electron chi connectivity index (χ0n) is 8.73. The number of carbonyl (C=O) groups is 1. The van der Waals surface area contributed by atoms with Gasteiger partial charge in [0, 0.05) is 11.6 Å². The van der Waals surface area contributed by atoms with Crippen molar-refractivity contribution < 1.29 is 9.53 Å². The average molecular weight is 217 g/mol. The van der Waals surface area contributed by atoms with Crippen molar-refractivity contribution in [1.82, 2.24) is 10.2 Å². The molecule has 0 radical (unpaired) electrons. The standard InChI is InChI=1S/C11H11N3O2/c1-16-11(15)8-4-2-7(3-5-8)9-6-10(12)14-13-9/h2-6H,1H3,(H3,12,13,14). The predicted molar refractivity (Wildman–Crippen MR) is 59.8 cm³/mol. The van der Waals surface area contributed by atoms with Gasteiger partial charge in [0.2, 0.25) is 0 Å². The summed E-state index contributed by atoms with van der Waals surface area (Å²) in [6.45, 7) is 0. The number of anilines is 1. The zero-order valence-corrected chi connectivity index (χ0v) is 8.73. The molecule has 0 spiro atoms. The number of nitrogens with zero attached hydrogens (tertiary/aromatic N) is 1. The topological polar surface area (TPSA) is 81.0 Å². The minimum absolute atomic E-state index is 0.354. The fourth-order valence-electron chi connectivity index (χ4n) is 1.38. The number of rotatable bonds is 2. The van der Waals surface area contributed by atoms with Crippen molar-refractivity contribution in [3.63, 3.8) is 0 Å². The van der Waals surface area contributed by atoms with Crippen LogP contribution in [-0.4, -0.2) is 23.3 Å². The second kappa shape index (κ2) is 4.06. The average Bonchev–Trinajstić information content (AvgIpc) is 2.75. The lowest BCUT2D eigenvalue weighted by molar-refractivity contribution is 0.0601. The first-order valence-electron chi connectivity index (χ1n) is 4.70. The monoisotopic (exact) mass is 217 g/mol. The summed E-state index contributed by atoms with van der Waals surface area (Å²) in [5.74, 6) is 0.153. The van der Waals surface area contributed by atoms with Crippen LogP contribution in [0.15, 0.2) is 30.3 Å². The summed E-state index contributed by atoms with van der Waals surface area (Å²) in [7, 11) is 1.35. The van der Waals surface area contributed by atoms with E-state index in [1.54, 1.807) is 30.3 Å². The van der Waals surface area contributed by atoms with Crippen LogP contribution >= 0.6 is 0 Å². The molecule has 0 fully saturated rings. The number of carbonyl (C=O) groups excluding carboxylic acids is 1. The number of aromatic amines is 1. The zero-order chi connectivity index (χ0) is 11.5. The molecule has 5 heteroatoms. The number of ether oxygens (including phenoxy) is 1. The first-order valence-corrected chi connectivity index (χ1v) is 4.70. The van der Waals surface area contributed by atoms with E-state index in [1.807, 2.05) is 0 Å². The fraction of sp³-hybridized carbons (Fsp3) is 0.0909. The Balaban J connectivity index is 2.29. The van der Waals surface area contributed by atoms with E-state index in [1.165, 1.54) is 7.11 Å². The van der Waals surface area contributed by atoms with E-state index < -0.39 is 0 Å². The molecule has 2 rings (SSSR count). The number of nitrogens with two attached hydrogens (primary N) is 1. The van der Waals surface area contributed by atoms with Crippen LogP contribution in [-0.2, 0) is 4.74 Å². The molecule has 1 aromatic carbocycles. The van der Waals surface area contributed by atoms with Gasteiger partial charge >= 0.3 is 5.97 Å². The van der Waals surface area contributed by atoms with Crippen LogP contribution in [0.2, 0.25) is 0 Å². The summed E-state index contributed by atoms with van der Waals surface area (Å²) < 4.78 is 4.61. The molecule has 16 heavy (non-hydrogen) atoms. The first-order chi connectivity index (χ1) is 7.70. The molecule has 1 aromatic heterocycles. The Morgan fingerprint density at radius 3 is 2.56 bits per heavy atom. The van der Waals surface area contributed by atoms with E-state index in [0.29, 0.717) is 11.4 Å². The lowest BCUT2D eigenvalue weighted by Gasteiger charge is -2.00. The third kappa shape index (κ3) is 1.88.